The highest BCUT2D eigenvalue weighted by Crippen LogP contribution is 2.49. The highest BCUT2D eigenvalue weighted by atomic mass is 127. The van der Waals surface area contributed by atoms with Gasteiger partial charge in [0.25, 0.3) is 0 Å². The number of allylic oxidation sites excluding steroid dienone is 2. The van der Waals surface area contributed by atoms with E-state index >= 15 is 0 Å². The summed E-state index contributed by atoms with van der Waals surface area (Å²) < 4.78 is 16.3. The maximum atomic E-state index is 12.9. The molecular weight excluding hydrogens is 495 g/mol. The second-order valence-electron chi connectivity index (χ2n) is 7.32. The van der Waals surface area contributed by atoms with Gasteiger partial charge >= 0.3 is 23.9 Å². The lowest BCUT2D eigenvalue weighted by atomic mass is 9.83. The van der Waals surface area contributed by atoms with Crippen LogP contribution in [-0.2, 0) is 23.9 Å². The highest BCUT2D eigenvalue weighted by Gasteiger charge is 2.53. The van der Waals surface area contributed by atoms with Crippen LogP contribution in [0.3, 0.4) is 0 Å². The summed E-state index contributed by atoms with van der Waals surface area (Å²) in [6.45, 7) is 0.0243. The summed E-state index contributed by atoms with van der Waals surface area (Å²) in [4.78, 5) is 48.1. The monoisotopic (exact) mass is 512 g/mol. The molecule has 0 radical (unpaired) electrons. The number of carboxylic acid groups (broad SMARTS) is 1. The fourth-order valence-electron chi connectivity index (χ4n) is 4.16. The van der Waals surface area contributed by atoms with E-state index in [1.165, 1.54) is 12.1 Å². The number of hydrogen-bond donors (Lipinski definition) is 1. The predicted molar refractivity (Wildman–Crippen MR) is 105 cm³/mol. The van der Waals surface area contributed by atoms with Crippen LogP contribution in [-0.4, -0.2) is 41.7 Å². The van der Waals surface area contributed by atoms with Crippen LogP contribution in [0.4, 0.5) is 0 Å². The first-order valence-electron chi connectivity index (χ1n) is 9.12. The number of fused-ring (bicyclic) bond motifs is 2. The van der Waals surface area contributed by atoms with Crippen molar-refractivity contribution in [3.63, 3.8) is 0 Å². The van der Waals surface area contributed by atoms with Crippen LogP contribution in [0, 0.1) is 27.2 Å². The highest BCUT2D eigenvalue weighted by molar-refractivity contribution is 14.1. The summed E-state index contributed by atoms with van der Waals surface area (Å²) in [5.74, 6) is -4.24. The van der Waals surface area contributed by atoms with E-state index in [1.54, 1.807) is 6.07 Å². The molecule has 9 heteroatoms. The molecule has 5 atom stereocenters. The third-order valence-corrected chi connectivity index (χ3v) is 6.39. The van der Waals surface area contributed by atoms with Crippen LogP contribution in [0.2, 0.25) is 0 Å². The summed E-state index contributed by atoms with van der Waals surface area (Å²) in [7, 11) is 0. The third-order valence-electron chi connectivity index (χ3n) is 5.50. The predicted octanol–water partition coefficient (Wildman–Crippen LogP) is 2.19. The molecule has 1 aromatic rings. The molecule has 1 saturated heterocycles. The Bertz CT molecular complexity index is 923. The van der Waals surface area contributed by atoms with Crippen molar-refractivity contribution in [2.24, 2.45) is 23.7 Å². The Morgan fingerprint density at radius 3 is 2.41 bits per heavy atom. The maximum absolute atomic E-state index is 12.9. The number of rotatable bonds is 5. The van der Waals surface area contributed by atoms with Crippen molar-refractivity contribution >= 4 is 46.5 Å². The number of hydrogen-bond acceptors (Lipinski definition) is 7. The summed E-state index contributed by atoms with van der Waals surface area (Å²) >= 11 is 1.95. The van der Waals surface area contributed by atoms with E-state index in [9.17, 15) is 19.2 Å². The molecule has 1 saturated carbocycles. The molecule has 1 aromatic carbocycles. The van der Waals surface area contributed by atoms with Crippen LogP contribution in [0.25, 0.3) is 0 Å². The molecule has 1 heterocycles. The Labute approximate surface area is 179 Å². The van der Waals surface area contributed by atoms with Crippen molar-refractivity contribution in [1.82, 2.24) is 0 Å². The number of carbonyl (C=O) groups excluding carboxylic acids is 3. The average molecular weight is 512 g/mol. The fraction of sp³-hybridized carbons (Fsp3) is 0.400. The van der Waals surface area contributed by atoms with Gasteiger partial charge in [0.05, 0.1) is 27.4 Å². The van der Waals surface area contributed by atoms with Crippen molar-refractivity contribution in [2.75, 3.05) is 6.61 Å². The van der Waals surface area contributed by atoms with Crippen molar-refractivity contribution in [3.8, 4) is 5.75 Å². The lowest BCUT2D eigenvalue weighted by molar-refractivity contribution is -0.161. The first kappa shape index (κ1) is 19.9. The van der Waals surface area contributed by atoms with Gasteiger partial charge in [0, 0.05) is 0 Å². The number of carbonyl (C=O) groups is 4. The molecule has 4 rings (SSSR count). The number of cyclic esters (lactones) is 1. The van der Waals surface area contributed by atoms with Gasteiger partial charge in [0.15, 0.2) is 0 Å². The van der Waals surface area contributed by atoms with Gasteiger partial charge in [-0.2, -0.15) is 0 Å². The van der Waals surface area contributed by atoms with Crippen molar-refractivity contribution in [1.29, 1.82) is 0 Å². The molecule has 2 aliphatic carbocycles. The van der Waals surface area contributed by atoms with Gasteiger partial charge in [0.1, 0.15) is 18.5 Å². The molecule has 2 fully saturated rings. The summed E-state index contributed by atoms with van der Waals surface area (Å²) in [5.41, 5.74) is 0.00270. The van der Waals surface area contributed by atoms with E-state index in [4.69, 9.17) is 19.3 Å². The van der Waals surface area contributed by atoms with Crippen molar-refractivity contribution in [3.05, 3.63) is 39.5 Å². The van der Waals surface area contributed by atoms with Gasteiger partial charge < -0.3 is 19.3 Å². The zero-order valence-electron chi connectivity index (χ0n) is 15.1. The van der Waals surface area contributed by atoms with Crippen LogP contribution in [0.1, 0.15) is 23.2 Å². The fourth-order valence-corrected chi connectivity index (χ4v) is 4.61. The minimum Gasteiger partial charge on any atom is -0.478 e. The van der Waals surface area contributed by atoms with E-state index in [1.807, 2.05) is 34.7 Å². The van der Waals surface area contributed by atoms with E-state index in [2.05, 4.69) is 0 Å². The van der Waals surface area contributed by atoms with Gasteiger partial charge in [0.2, 0.25) is 0 Å². The maximum Gasteiger partial charge on any atom is 0.335 e. The van der Waals surface area contributed by atoms with Gasteiger partial charge in [-0.3, -0.25) is 14.4 Å². The number of halogens is 1. The summed E-state index contributed by atoms with van der Waals surface area (Å²) in [6.07, 6.45) is 3.83. The smallest absolute Gasteiger partial charge is 0.335 e. The summed E-state index contributed by atoms with van der Waals surface area (Å²) in [5, 5.41) is 9.15. The van der Waals surface area contributed by atoms with Gasteiger partial charge in [-0.15, -0.1) is 0 Å². The van der Waals surface area contributed by atoms with E-state index < -0.39 is 41.8 Å². The van der Waals surface area contributed by atoms with Crippen LogP contribution < -0.4 is 4.74 Å². The first-order chi connectivity index (χ1) is 13.8. The quantitative estimate of drug-likeness (QED) is 0.276. The molecule has 152 valence electrons. The number of aromatic carboxylic acids is 1. The lowest BCUT2D eigenvalue weighted by Gasteiger charge is -2.26. The third kappa shape index (κ3) is 3.87. The van der Waals surface area contributed by atoms with Crippen molar-refractivity contribution < 1.29 is 38.5 Å². The molecule has 29 heavy (non-hydrogen) atoms. The van der Waals surface area contributed by atoms with Gasteiger partial charge in [-0.25, -0.2) is 4.79 Å². The molecule has 1 aliphatic heterocycles. The minimum atomic E-state index is -1.13. The van der Waals surface area contributed by atoms with Gasteiger partial charge in [-0.1, -0.05) is 12.2 Å². The van der Waals surface area contributed by atoms with E-state index in [0.717, 1.165) is 0 Å². The largest absolute Gasteiger partial charge is 0.478 e. The molecule has 8 nitrogen and oxygen atoms in total. The average Bonchev–Trinajstić information content (AvgIpc) is 3.39. The number of ether oxygens (including phenoxy) is 3. The van der Waals surface area contributed by atoms with Crippen LogP contribution in [0.15, 0.2) is 30.4 Å². The number of carboxylic acids is 1. The second kappa shape index (κ2) is 7.77. The Balaban J connectivity index is 1.51. The Kier molecular flexibility index (Phi) is 5.32. The van der Waals surface area contributed by atoms with Crippen LogP contribution >= 0.6 is 22.6 Å². The first-order valence-corrected chi connectivity index (χ1v) is 10.2. The Morgan fingerprint density at radius 1 is 1.10 bits per heavy atom. The van der Waals surface area contributed by atoms with Crippen LogP contribution in [0.5, 0.6) is 5.75 Å². The number of benzene rings is 1. The molecule has 1 N–H and O–H groups in total. The number of esters is 3. The molecule has 0 spiro atoms. The molecule has 0 amide bonds. The topological polar surface area (TPSA) is 116 Å². The van der Waals surface area contributed by atoms with E-state index in [0.29, 0.717) is 9.99 Å². The van der Waals surface area contributed by atoms with Crippen molar-refractivity contribution in [2.45, 2.75) is 18.9 Å². The zero-order chi connectivity index (χ0) is 20.7. The molecule has 5 unspecified atom stereocenters. The molecular formula is C20H17IO8. The standard InChI is InChI=1S/C20H17IO8/c21-13-4-3-11(18(23)24)6-14(13)29-20(26)17-10-2-1-9(5-10)16(17)19(25)28-12-7-15(22)27-8-12/h1-4,6,9-10,12,16-17H,5,7-8H2,(H,23,24). The normalized spacial score (nSPS) is 29.6. The SMILES string of the molecule is O=C1CC(OC(=O)C2C3C=CC(C3)C2C(=O)Oc2cc(C(=O)O)ccc2I)CO1. The molecule has 2 bridgehead atoms. The molecule has 0 aromatic heterocycles. The van der Waals surface area contributed by atoms with Gasteiger partial charge in [-0.05, 0) is 59.0 Å². The summed E-state index contributed by atoms with van der Waals surface area (Å²) in [6, 6.07) is 4.27. The molecule has 3 aliphatic rings. The lowest BCUT2D eigenvalue weighted by Crippen LogP contribution is -2.38. The Hall–Kier alpha value is -2.43. The Morgan fingerprint density at radius 2 is 1.79 bits per heavy atom. The second-order valence-corrected chi connectivity index (χ2v) is 8.48. The minimum absolute atomic E-state index is 0.00270. The van der Waals surface area contributed by atoms with E-state index in [-0.39, 0.29) is 36.2 Å². The zero-order valence-corrected chi connectivity index (χ0v) is 17.2.